The molecule has 0 aliphatic carbocycles. The number of nitrogens with two attached hydrogens (primary N) is 1. The van der Waals surface area contributed by atoms with E-state index >= 15 is 0 Å². The van der Waals surface area contributed by atoms with Gasteiger partial charge in [-0.2, -0.15) is 4.31 Å². The van der Waals surface area contributed by atoms with E-state index < -0.39 is 10.0 Å². The van der Waals surface area contributed by atoms with Crippen molar-refractivity contribution in [3.63, 3.8) is 0 Å². The Morgan fingerprint density at radius 1 is 0.913 bits per heavy atom. The molecule has 4 nitrogen and oxygen atoms in total. The van der Waals surface area contributed by atoms with Crippen molar-refractivity contribution in [2.45, 2.75) is 24.7 Å². The van der Waals surface area contributed by atoms with Crippen molar-refractivity contribution >= 4 is 15.7 Å². The van der Waals surface area contributed by atoms with Crippen molar-refractivity contribution in [3.8, 4) is 11.1 Å². The number of rotatable bonds is 3. The monoisotopic (exact) mass is 330 g/mol. The molecule has 2 aromatic rings. The maximum atomic E-state index is 12.7. The Bertz CT molecular complexity index is 760. The second-order valence-electron chi connectivity index (χ2n) is 6.23. The molecule has 0 aromatic heterocycles. The average molecular weight is 330 g/mol. The molecule has 0 bridgehead atoms. The van der Waals surface area contributed by atoms with Gasteiger partial charge in [-0.05, 0) is 54.2 Å². The third-order valence-corrected chi connectivity index (χ3v) is 6.39. The molecular formula is C18H22N2O2S. The smallest absolute Gasteiger partial charge is 0.243 e. The lowest BCUT2D eigenvalue weighted by molar-refractivity contribution is 0.288. The minimum Gasteiger partial charge on any atom is -0.399 e. The zero-order valence-electron chi connectivity index (χ0n) is 13.3. The van der Waals surface area contributed by atoms with Crippen molar-refractivity contribution in [2.75, 3.05) is 18.8 Å². The van der Waals surface area contributed by atoms with Crippen molar-refractivity contribution in [1.29, 1.82) is 0 Å². The van der Waals surface area contributed by atoms with Crippen molar-refractivity contribution in [3.05, 3.63) is 48.5 Å². The molecular weight excluding hydrogens is 308 g/mol. The lowest BCUT2D eigenvalue weighted by atomic mass is 10.0. The second kappa shape index (κ2) is 6.34. The Kier molecular flexibility index (Phi) is 4.41. The maximum absolute atomic E-state index is 12.7. The van der Waals surface area contributed by atoms with Crippen LogP contribution < -0.4 is 5.73 Å². The van der Waals surface area contributed by atoms with Gasteiger partial charge in [-0.1, -0.05) is 31.2 Å². The largest absolute Gasteiger partial charge is 0.399 e. The van der Waals surface area contributed by atoms with E-state index in [-0.39, 0.29) is 0 Å². The highest BCUT2D eigenvalue weighted by atomic mass is 32.2. The summed E-state index contributed by atoms with van der Waals surface area (Å²) in [5, 5.41) is 0. The van der Waals surface area contributed by atoms with Gasteiger partial charge in [0.2, 0.25) is 10.0 Å². The summed E-state index contributed by atoms with van der Waals surface area (Å²) in [6.45, 7) is 3.40. The van der Waals surface area contributed by atoms with E-state index in [1.807, 2.05) is 36.4 Å². The average Bonchev–Trinajstić information content (AvgIpc) is 2.56. The Hall–Kier alpha value is -1.85. The van der Waals surface area contributed by atoms with E-state index in [4.69, 9.17) is 5.73 Å². The first kappa shape index (κ1) is 16.0. The quantitative estimate of drug-likeness (QED) is 0.878. The number of sulfonamides is 1. The summed E-state index contributed by atoms with van der Waals surface area (Å²) < 4.78 is 27.0. The normalized spacial score (nSPS) is 17.3. The first-order valence-corrected chi connectivity index (χ1v) is 9.37. The van der Waals surface area contributed by atoms with Gasteiger partial charge in [0.25, 0.3) is 0 Å². The lowest BCUT2D eigenvalue weighted by Crippen LogP contribution is -2.37. The Morgan fingerprint density at radius 2 is 1.39 bits per heavy atom. The SMILES string of the molecule is CC1CCN(S(=O)(=O)c2ccc(-c3ccc(N)cc3)cc2)CC1. The maximum Gasteiger partial charge on any atom is 0.243 e. The van der Waals surface area contributed by atoms with E-state index in [0.717, 1.165) is 24.0 Å². The van der Waals surface area contributed by atoms with Gasteiger partial charge in [0.1, 0.15) is 0 Å². The highest BCUT2D eigenvalue weighted by Crippen LogP contribution is 2.26. The van der Waals surface area contributed by atoms with Crippen LogP contribution in [0.2, 0.25) is 0 Å². The van der Waals surface area contributed by atoms with Crippen molar-refractivity contribution in [1.82, 2.24) is 4.31 Å². The molecule has 122 valence electrons. The van der Waals surface area contributed by atoms with Crippen LogP contribution in [-0.2, 0) is 10.0 Å². The topological polar surface area (TPSA) is 63.4 Å². The molecule has 2 N–H and O–H groups in total. The number of benzene rings is 2. The van der Waals surface area contributed by atoms with Gasteiger partial charge in [-0.25, -0.2) is 8.42 Å². The molecule has 0 saturated carbocycles. The molecule has 0 unspecified atom stereocenters. The number of hydrogen-bond donors (Lipinski definition) is 1. The molecule has 0 atom stereocenters. The third-order valence-electron chi connectivity index (χ3n) is 4.48. The van der Waals surface area contributed by atoms with Gasteiger partial charge in [0, 0.05) is 18.8 Å². The predicted octanol–water partition coefficient (Wildman–Crippen LogP) is 3.36. The standard InChI is InChI=1S/C18H22N2O2S/c1-14-10-12-20(13-11-14)23(21,22)18-8-4-16(5-9-18)15-2-6-17(19)7-3-15/h2-9,14H,10-13,19H2,1H3. The van der Waals surface area contributed by atoms with E-state index in [1.54, 1.807) is 16.4 Å². The van der Waals surface area contributed by atoms with E-state index in [9.17, 15) is 8.42 Å². The molecule has 1 heterocycles. The van der Waals surface area contributed by atoms with Crippen LogP contribution in [0.15, 0.2) is 53.4 Å². The summed E-state index contributed by atoms with van der Waals surface area (Å²) in [6.07, 6.45) is 1.87. The van der Waals surface area contributed by atoms with Crippen LogP contribution in [0.1, 0.15) is 19.8 Å². The summed E-state index contributed by atoms with van der Waals surface area (Å²) in [5.74, 6) is 0.606. The Labute approximate surface area is 138 Å². The van der Waals surface area contributed by atoms with Crippen LogP contribution >= 0.6 is 0 Å². The molecule has 2 aromatic carbocycles. The number of piperidine rings is 1. The minimum absolute atomic E-state index is 0.367. The van der Waals surface area contributed by atoms with E-state index in [0.29, 0.717) is 29.6 Å². The van der Waals surface area contributed by atoms with Gasteiger partial charge in [0.15, 0.2) is 0 Å². The van der Waals surface area contributed by atoms with Gasteiger partial charge >= 0.3 is 0 Å². The van der Waals surface area contributed by atoms with Gasteiger partial charge in [0.05, 0.1) is 4.90 Å². The fourth-order valence-electron chi connectivity index (χ4n) is 2.87. The molecule has 23 heavy (non-hydrogen) atoms. The number of nitrogen functional groups attached to an aromatic ring is 1. The molecule has 1 aliphatic heterocycles. The van der Waals surface area contributed by atoms with Crippen LogP contribution in [-0.4, -0.2) is 25.8 Å². The summed E-state index contributed by atoms with van der Waals surface area (Å²) in [6, 6.07) is 14.6. The molecule has 0 amide bonds. The third kappa shape index (κ3) is 3.41. The van der Waals surface area contributed by atoms with Crippen molar-refractivity contribution in [2.24, 2.45) is 5.92 Å². The van der Waals surface area contributed by atoms with Crippen molar-refractivity contribution < 1.29 is 8.42 Å². The lowest BCUT2D eigenvalue weighted by Gasteiger charge is -2.29. The van der Waals surface area contributed by atoms with Gasteiger partial charge < -0.3 is 5.73 Å². The first-order chi connectivity index (χ1) is 11.0. The van der Waals surface area contributed by atoms with Crippen LogP contribution in [0.3, 0.4) is 0 Å². The molecule has 0 spiro atoms. The number of nitrogens with zero attached hydrogens (tertiary/aromatic N) is 1. The molecule has 1 aliphatic rings. The van der Waals surface area contributed by atoms with Crippen LogP contribution in [0, 0.1) is 5.92 Å². The second-order valence-corrected chi connectivity index (χ2v) is 8.17. The van der Waals surface area contributed by atoms with Crippen LogP contribution in [0.25, 0.3) is 11.1 Å². The number of hydrogen-bond acceptors (Lipinski definition) is 3. The minimum atomic E-state index is -3.38. The van der Waals surface area contributed by atoms with Gasteiger partial charge in [-0.15, -0.1) is 0 Å². The Balaban J connectivity index is 1.82. The molecule has 3 rings (SSSR count). The zero-order chi connectivity index (χ0) is 16.4. The highest BCUT2D eigenvalue weighted by Gasteiger charge is 2.27. The summed E-state index contributed by atoms with van der Waals surface area (Å²) in [7, 11) is -3.38. The summed E-state index contributed by atoms with van der Waals surface area (Å²) >= 11 is 0. The molecule has 0 radical (unpaired) electrons. The predicted molar refractivity (Wildman–Crippen MR) is 93.4 cm³/mol. The Morgan fingerprint density at radius 3 is 1.91 bits per heavy atom. The summed E-state index contributed by atoms with van der Waals surface area (Å²) in [4.78, 5) is 0.367. The molecule has 1 fully saturated rings. The van der Waals surface area contributed by atoms with Gasteiger partial charge in [-0.3, -0.25) is 0 Å². The fraction of sp³-hybridized carbons (Fsp3) is 0.333. The molecule has 1 saturated heterocycles. The zero-order valence-corrected chi connectivity index (χ0v) is 14.1. The number of anilines is 1. The van der Waals surface area contributed by atoms with Crippen LogP contribution in [0.5, 0.6) is 0 Å². The van der Waals surface area contributed by atoms with E-state index in [1.165, 1.54) is 0 Å². The summed E-state index contributed by atoms with van der Waals surface area (Å²) in [5.41, 5.74) is 8.41. The fourth-order valence-corrected chi connectivity index (χ4v) is 4.34. The molecule has 5 heteroatoms. The van der Waals surface area contributed by atoms with Crippen LogP contribution in [0.4, 0.5) is 5.69 Å². The van der Waals surface area contributed by atoms with E-state index in [2.05, 4.69) is 6.92 Å². The highest BCUT2D eigenvalue weighted by molar-refractivity contribution is 7.89. The first-order valence-electron chi connectivity index (χ1n) is 7.93.